The Hall–Kier alpha value is -7.10. The summed E-state index contributed by atoms with van der Waals surface area (Å²) in [5.74, 6) is -0.406. The summed E-state index contributed by atoms with van der Waals surface area (Å²) < 4.78 is 12.3. The third-order valence-corrected chi connectivity index (χ3v) is 15.7. The monoisotopic (exact) mass is 1060 g/mol. The van der Waals surface area contributed by atoms with E-state index in [1.54, 1.807) is 22.4 Å². The number of hydrogen-bond acceptors (Lipinski definition) is 16. The Morgan fingerprint density at radius 3 is 2.24 bits per heavy atom. The third kappa shape index (κ3) is 13.4. The molecule has 4 N–H and O–H groups in total. The van der Waals surface area contributed by atoms with Crippen LogP contribution in [0.15, 0.2) is 72.6 Å². The largest absolute Gasteiger partial charge is 0.481 e. The number of hydrogen-bond donors (Lipinski definition) is 4. The molecule has 6 aromatic rings. The number of rotatable bonds is 16. The molecule has 19 nitrogen and oxygen atoms in total. The number of nitrogens with one attached hydrogen (secondary N) is 4. The van der Waals surface area contributed by atoms with Gasteiger partial charge < -0.3 is 35.2 Å². The first-order chi connectivity index (χ1) is 36.1. The summed E-state index contributed by atoms with van der Waals surface area (Å²) >= 11 is 2.98. The zero-order valence-electron chi connectivity index (χ0n) is 43.0. The summed E-state index contributed by atoms with van der Waals surface area (Å²) in [5.41, 5.74) is 7.95. The summed E-state index contributed by atoms with van der Waals surface area (Å²) in [7, 11) is 0. The first kappa shape index (κ1) is 52.8. The van der Waals surface area contributed by atoms with Crippen LogP contribution in [0.4, 0.5) is 21.6 Å². The van der Waals surface area contributed by atoms with Gasteiger partial charge in [0.25, 0.3) is 5.91 Å². The number of fused-ring (bicyclic) bond motifs is 1. The number of carbonyl (C=O) groups is 5. The molecule has 2 aliphatic heterocycles. The van der Waals surface area contributed by atoms with Gasteiger partial charge in [0.2, 0.25) is 23.7 Å². The number of benzene rings is 2. The highest BCUT2D eigenvalue weighted by Gasteiger charge is 2.42. The second-order valence-electron chi connectivity index (χ2n) is 20.4. The van der Waals surface area contributed by atoms with Crippen molar-refractivity contribution < 1.29 is 33.4 Å². The highest BCUT2D eigenvalue weighted by molar-refractivity contribution is 7.22. The molecule has 394 valence electrons. The van der Waals surface area contributed by atoms with Crippen LogP contribution in [0.2, 0.25) is 0 Å². The Balaban J connectivity index is 0.704. The predicted molar refractivity (Wildman–Crippen MR) is 290 cm³/mol. The lowest BCUT2D eigenvalue weighted by atomic mass is 9.85. The van der Waals surface area contributed by atoms with Gasteiger partial charge in [-0.15, -0.1) is 11.3 Å². The summed E-state index contributed by atoms with van der Waals surface area (Å²) in [4.78, 5) is 96.1. The van der Waals surface area contributed by atoms with Crippen LogP contribution in [0, 0.1) is 19.3 Å². The van der Waals surface area contributed by atoms with Crippen LogP contribution in [0.1, 0.15) is 82.7 Å². The Morgan fingerprint density at radius 1 is 0.773 bits per heavy atom. The molecule has 21 heteroatoms. The van der Waals surface area contributed by atoms with Crippen molar-refractivity contribution >= 4 is 79.4 Å². The van der Waals surface area contributed by atoms with Crippen molar-refractivity contribution in [3.63, 3.8) is 0 Å². The zero-order valence-corrected chi connectivity index (χ0v) is 44.7. The molecule has 1 saturated carbocycles. The molecule has 1 aliphatic carbocycles. The van der Waals surface area contributed by atoms with Crippen LogP contribution in [0.5, 0.6) is 5.75 Å². The number of aryl methyl sites for hydroxylation is 2. The van der Waals surface area contributed by atoms with E-state index in [0.717, 1.165) is 68.7 Å². The van der Waals surface area contributed by atoms with Gasteiger partial charge in [0.05, 0.1) is 56.6 Å². The second kappa shape index (κ2) is 23.6. The number of aromatic nitrogens is 5. The van der Waals surface area contributed by atoms with Gasteiger partial charge in [-0.2, -0.15) is 0 Å². The van der Waals surface area contributed by atoms with Crippen LogP contribution >= 0.6 is 22.7 Å². The fourth-order valence-electron chi connectivity index (χ4n) is 9.59. The fourth-order valence-corrected chi connectivity index (χ4v) is 11.3. The quantitative estimate of drug-likeness (QED) is 0.0728. The lowest BCUT2D eigenvalue weighted by molar-refractivity contribution is -0.144. The lowest BCUT2D eigenvalue weighted by Crippen LogP contribution is -2.58. The molecule has 0 bridgehead atoms. The van der Waals surface area contributed by atoms with Gasteiger partial charge in [0.15, 0.2) is 17.5 Å². The Bertz CT molecular complexity index is 3000. The Morgan fingerprint density at radius 2 is 1.52 bits per heavy atom. The number of ether oxygens (including phenoxy) is 2. The van der Waals surface area contributed by atoms with Crippen molar-refractivity contribution in [2.75, 3.05) is 61.4 Å². The number of anilines is 3. The SMILES string of the molecule is Cc1ncc(-c2ccc3nc(NC(=O)CN4CCN(c5ncc(OCC(=O)NC(C(=O)N6CCCC6C(=O)NCc6ccc(-c7scnc7C)cc6)C(C)(C)C)cn5)CC4)sc3c2)cc1NC(=O)OC1CCCCC1. The Labute approximate surface area is 444 Å². The van der Waals surface area contributed by atoms with Gasteiger partial charge in [-0.1, -0.05) is 68.9 Å². The van der Waals surface area contributed by atoms with Crippen molar-refractivity contribution in [2.24, 2.45) is 5.41 Å². The van der Waals surface area contributed by atoms with Gasteiger partial charge in [-0.3, -0.25) is 34.4 Å². The molecular weight excluding hydrogens is 993 g/mol. The van der Waals surface area contributed by atoms with Crippen molar-refractivity contribution in [1.29, 1.82) is 0 Å². The third-order valence-electron chi connectivity index (χ3n) is 13.8. The maximum absolute atomic E-state index is 14.1. The van der Waals surface area contributed by atoms with E-state index in [1.807, 2.05) is 93.6 Å². The van der Waals surface area contributed by atoms with Crippen molar-refractivity contribution in [3.8, 4) is 27.3 Å². The molecule has 0 spiro atoms. The van der Waals surface area contributed by atoms with E-state index in [0.29, 0.717) is 80.3 Å². The number of amides is 5. The average molecular weight is 1060 g/mol. The van der Waals surface area contributed by atoms with Crippen LogP contribution in [0.25, 0.3) is 31.8 Å². The van der Waals surface area contributed by atoms with Crippen molar-refractivity contribution in [1.82, 2.24) is 45.4 Å². The predicted octanol–water partition coefficient (Wildman–Crippen LogP) is 7.75. The maximum atomic E-state index is 14.1. The van der Waals surface area contributed by atoms with Crippen LogP contribution < -0.4 is 30.9 Å². The number of pyridine rings is 1. The second-order valence-corrected chi connectivity index (χ2v) is 22.3. The smallest absolute Gasteiger partial charge is 0.411 e. The molecule has 0 radical (unpaired) electrons. The van der Waals surface area contributed by atoms with Gasteiger partial charge >= 0.3 is 6.09 Å². The molecule has 3 fully saturated rings. The molecule has 5 amide bonds. The number of thiazole rings is 2. The van der Waals surface area contributed by atoms with E-state index in [9.17, 15) is 24.0 Å². The summed E-state index contributed by atoms with van der Waals surface area (Å²) in [6.45, 7) is 12.4. The molecule has 75 heavy (non-hydrogen) atoms. The molecular formula is C54H64N12O7S2. The molecule has 9 rings (SSSR count). The Kier molecular flexibility index (Phi) is 16.6. The number of carbonyl (C=O) groups excluding carboxylic acids is 5. The molecule has 6 heterocycles. The standard InChI is InChI=1S/C54H64N12O7S2/c1-33-42(61-53(71)73-39-10-7-6-8-11-39)24-38(27-55-33)37-17-18-41-44(25-37)75-52(60-41)63-45(67)30-64-20-22-65(23-21-64)51-57-28-40(29-58-51)72-31-46(68)62-48(54(3,4)5)50(70)66-19-9-12-43(66)49(69)56-26-35-13-15-36(16-14-35)47-34(2)59-32-74-47/h13-18,24-25,27-29,32,39,43,48H,6-12,19-23,26,30-31H2,1-5H3,(H,56,69)(H,61,71)(H,62,68)(H,60,63,67). The summed E-state index contributed by atoms with van der Waals surface area (Å²) in [6.07, 6.45) is 10.6. The number of likely N-dealkylation sites (tertiary alicyclic amines) is 1. The van der Waals surface area contributed by atoms with Crippen molar-refractivity contribution in [3.05, 3.63) is 89.6 Å². The van der Waals surface area contributed by atoms with Crippen LogP contribution in [0.3, 0.4) is 0 Å². The van der Waals surface area contributed by atoms with E-state index in [2.05, 4.69) is 51.1 Å². The van der Waals surface area contributed by atoms with Crippen LogP contribution in [-0.4, -0.2) is 129 Å². The summed E-state index contributed by atoms with van der Waals surface area (Å²) in [5, 5.41) is 12.3. The van der Waals surface area contributed by atoms with E-state index in [4.69, 9.17) is 9.47 Å². The van der Waals surface area contributed by atoms with E-state index in [1.165, 1.54) is 30.2 Å². The topological polar surface area (TPSA) is 226 Å². The average Bonchev–Trinajstić information content (AvgIpc) is 4.18. The van der Waals surface area contributed by atoms with E-state index >= 15 is 0 Å². The van der Waals surface area contributed by atoms with E-state index < -0.39 is 29.5 Å². The molecule has 2 aromatic carbocycles. The molecule has 4 aromatic heterocycles. The van der Waals surface area contributed by atoms with Gasteiger partial charge in [-0.05, 0) is 92.7 Å². The van der Waals surface area contributed by atoms with Gasteiger partial charge in [0, 0.05) is 51.0 Å². The summed E-state index contributed by atoms with van der Waals surface area (Å²) in [6, 6.07) is 14.2. The lowest BCUT2D eigenvalue weighted by Gasteiger charge is -2.35. The first-order valence-corrected chi connectivity index (χ1v) is 27.3. The molecule has 2 saturated heterocycles. The fraction of sp³-hybridized carbons (Fsp3) is 0.444. The normalized spacial score (nSPS) is 16.8. The van der Waals surface area contributed by atoms with Crippen LogP contribution in [-0.2, 0) is 30.5 Å². The van der Waals surface area contributed by atoms with E-state index in [-0.39, 0.29) is 37.0 Å². The number of piperazine rings is 1. The minimum absolute atomic E-state index is 0.0503. The maximum Gasteiger partial charge on any atom is 0.411 e. The zero-order chi connectivity index (χ0) is 52.6. The highest BCUT2D eigenvalue weighted by atomic mass is 32.1. The highest BCUT2D eigenvalue weighted by Crippen LogP contribution is 2.33. The minimum Gasteiger partial charge on any atom is -0.481 e. The number of nitrogens with zero attached hydrogens (tertiary/aromatic N) is 8. The minimum atomic E-state index is -0.901. The molecule has 2 unspecified atom stereocenters. The molecule has 2 atom stereocenters. The van der Waals surface area contributed by atoms with Gasteiger partial charge in [-0.25, -0.2) is 24.7 Å². The molecule has 3 aliphatic rings. The van der Waals surface area contributed by atoms with Crippen molar-refractivity contribution in [2.45, 2.75) is 104 Å². The first-order valence-electron chi connectivity index (χ1n) is 25.6. The van der Waals surface area contributed by atoms with Gasteiger partial charge in [0.1, 0.15) is 18.2 Å².